The smallest absolute Gasteiger partial charge is 0.0997 e. The molecule has 0 saturated heterocycles. The largest absolute Gasteiger partial charge is 0.244 e. The summed E-state index contributed by atoms with van der Waals surface area (Å²) in [6.45, 7) is 0. The lowest BCUT2D eigenvalue weighted by Gasteiger charge is -2.01. The number of rotatable bonds is 0. The molecule has 0 aliphatic rings. The average Bonchev–Trinajstić information content (AvgIpc) is 2.85. The van der Waals surface area contributed by atoms with Crippen molar-refractivity contribution in [3.63, 3.8) is 0 Å². The molecular weight excluding hydrogens is 230 g/mol. The van der Waals surface area contributed by atoms with Gasteiger partial charge >= 0.3 is 0 Å². The first-order chi connectivity index (χ1) is 8.42. The molecule has 0 radical (unpaired) electrons. The normalized spacial score (nSPS) is 11.5. The van der Waals surface area contributed by atoms with Crippen LogP contribution in [0, 0.1) is 0 Å². The number of aromatic nitrogens is 3. The van der Waals surface area contributed by atoms with Crippen molar-refractivity contribution in [2.45, 2.75) is 0 Å². The van der Waals surface area contributed by atoms with Crippen LogP contribution >= 0.6 is 11.5 Å². The van der Waals surface area contributed by atoms with Crippen molar-refractivity contribution in [1.29, 1.82) is 0 Å². The van der Waals surface area contributed by atoms with Gasteiger partial charge in [-0.1, -0.05) is 12.1 Å². The Kier molecular flexibility index (Phi) is 1.70. The SMILES string of the molecule is c1ccc2nc3c(ccc4nscc43)nc2c1. The van der Waals surface area contributed by atoms with Crippen LogP contribution in [0.3, 0.4) is 0 Å². The molecule has 0 fully saturated rings. The summed E-state index contributed by atoms with van der Waals surface area (Å²) in [7, 11) is 0. The van der Waals surface area contributed by atoms with Crippen molar-refractivity contribution in [2.24, 2.45) is 0 Å². The van der Waals surface area contributed by atoms with Gasteiger partial charge in [-0.2, -0.15) is 4.37 Å². The summed E-state index contributed by atoms with van der Waals surface area (Å²) in [5.74, 6) is 0. The Hall–Kier alpha value is -2.07. The minimum Gasteiger partial charge on any atom is -0.244 e. The fourth-order valence-corrected chi connectivity index (χ4v) is 2.69. The van der Waals surface area contributed by atoms with E-state index in [1.54, 1.807) is 0 Å². The average molecular weight is 237 g/mol. The summed E-state index contributed by atoms with van der Waals surface area (Å²) in [6.07, 6.45) is 0. The molecule has 2 aromatic carbocycles. The van der Waals surface area contributed by atoms with Gasteiger partial charge in [-0.3, -0.25) is 0 Å². The van der Waals surface area contributed by atoms with E-state index in [9.17, 15) is 0 Å². The van der Waals surface area contributed by atoms with Gasteiger partial charge in [0.05, 0.1) is 27.6 Å². The van der Waals surface area contributed by atoms with Gasteiger partial charge in [0, 0.05) is 10.8 Å². The predicted octanol–water partition coefficient (Wildman–Crippen LogP) is 3.39. The molecule has 4 aromatic rings. The molecule has 4 rings (SSSR count). The number of para-hydroxylation sites is 2. The van der Waals surface area contributed by atoms with Crippen LogP contribution in [0.5, 0.6) is 0 Å². The van der Waals surface area contributed by atoms with Gasteiger partial charge in [-0.25, -0.2) is 9.97 Å². The van der Waals surface area contributed by atoms with Gasteiger partial charge < -0.3 is 0 Å². The third-order valence-electron chi connectivity index (χ3n) is 2.85. The molecule has 0 bridgehead atoms. The van der Waals surface area contributed by atoms with E-state index in [0.717, 1.165) is 33.0 Å². The molecule has 4 heteroatoms. The maximum absolute atomic E-state index is 4.68. The first kappa shape index (κ1) is 9.01. The van der Waals surface area contributed by atoms with Gasteiger partial charge in [-0.05, 0) is 35.8 Å². The van der Waals surface area contributed by atoms with Crippen LogP contribution in [-0.4, -0.2) is 14.3 Å². The number of benzene rings is 2. The zero-order chi connectivity index (χ0) is 11.2. The van der Waals surface area contributed by atoms with Crippen LogP contribution in [0.4, 0.5) is 0 Å². The zero-order valence-corrected chi connectivity index (χ0v) is 9.61. The van der Waals surface area contributed by atoms with Crippen LogP contribution in [0.25, 0.3) is 33.0 Å². The molecule has 0 saturated carbocycles. The van der Waals surface area contributed by atoms with Gasteiger partial charge in [0.1, 0.15) is 0 Å². The Morgan fingerprint density at radius 3 is 2.41 bits per heavy atom. The molecule has 17 heavy (non-hydrogen) atoms. The lowest BCUT2D eigenvalue weighted by Crippen LogP contribution is -1.87. The molecule has 2 aromatic heterocycles. The summed E-state index contributed by atoms with van der Waals surface area (Å²) in [4.78, 5) is 9.30. The Morgan fingerprint density at radius 2 is 1.53 bits per heavy atom. The van der Waals surface area contributed by atoms with Crippen molar-refractivity contribution < 1.29 is 0 Å². The standard InChI is InChI=1S/C13H7N3S/c1-2-4-11-10(3-1)14-12-6-5-9-8(7-17-16-9)13(12)15-11/h1-7H. The maximum Gasteiger partial charge on any atom is 0.0997 e. The molecule has 2 heterocycles. The molecule has 0 amide bonds. The fraction of sp³-hybridized carbons (Fsp3) is 0. The van der Waals surface area contributed by atoms with E-state index >= 15 is 0 Å². The van der Waals surface area contributed by atoms with Gasteiger partial charge in [0.25, 0.3) is 0 Å². The topological polar surface area (TPSA) is 38.7 Å². The van der Waals surface area contributed by atoms with E-state index in [1.807, 2.05) is 41.8 Å². The summed E-state index contributed by atoms with van der Waals surface area (Å²) >= 11 is 1.46. The van der Waals surface area contributed by atoms with Crippen molar-refractivity contribution in [3.8, 4) is 0 Å². The lowest BCUT2D eigenvalue weighted by atomic mass is 10.2. The number of fused-ring (bicyclic) bond motifs is 4. The number of nitrogens with zero attached hydrogens (tertiary/aromatic N) is 3. The first-order valence-corrected chi connectivity index (χ1v) is 6.15. The third-order valence-corrected chi connectivity index (χ3v) is 3.49. The van der Waals surface area contributed by atoms with E-state index in [1.165, 1.54) is 11.5 Å². The monoisotopic (exact) mass is 237 g/mol. The highest BCUT2D eigenvalue weighted by atomic mass is 32.1. The summed E-state index contributed by atoms with van der Waals surface area (Å²) < 4.78 is 4.32. The minimum atomic E-state index is 0.927. The number of hydrogen-bond acceptors (Lipinski definition) is 4. The molecule has 0 aliphatic heterocycles. The van der Waals surface area contributed by atoms with Crippen molar-refractivity contribution in [3.05, 3.63) is 41.8 Å². The van der Waals surface area contributed by atoms with E-state index in [4.69, 9.17) is 0 Å². The van der Waals surface area contributed by atoms with E-state index < -0.39 is 0 Å². The first-order valence-electron chi connectivity index (χ1n) is 5.31. The van der Waals surface area contributed by atoms with E-state index in [0.29, 0.717) is 0 Å². The summed E-state index contributed by atoms with van der Waals surface area (Å²) in [5.41, 5.74) is 4.72. The molecular formula is C13H7N3S. The second-order valence-electron chi connectivity index (χ2n) is 3.89. The highest BCUT2D eigenvalue weighted by Gasteiger charge is 2.06. The van der Waals surface area contributed by atoms with Gasteiger partial charge in [-0.15, -0.1) is 0 Å². The van der Waals surface area contributed by atoms with Gasteiger partial charge in [0.2, 0.25) is 0 Å². The highest BCUT2D eigenvalue weighted by molar-refractivity contribution is 7.04. The fourth-order valence-electron chi connectivity index (χ4n) is 2.03. The van der Waals surface area contributed by atoms with Crippen LogP contribution in [0.15, 0.2) is 41.8 Å². The second-order valence-corrected chi connectivity index (χ2v) is 4.52. The highest BCUT2D eigenvalue weighted by Crippen LogP contribution is 2.25. The quantitative estimate of drug-likeness (QED) is 0.440. The number of hydrogen-bond donors (Lipinski definition) is 0. The Labute approximate surface area is 101 Å². The molecule has 0 unspecified atom stereocenters. The Morgan fingerprint density at radius 1 is 0.765 bits per heavy atom. The zero-order valence-electron chi connectivity index (χ0n) is 8.79. The Bertz CT molecular complexity index is 851. The molecule has 3 nitrogen and oxygen atoms in total. The second kappa shape index (κ2) is 3.21. The van der Waals surface area contributed by atoms with Crippen LogP contribution < -0.4 is 0 Å². The van der Waals surface area contributed by atoms with Crippen molar-refractivity contribution in [2.75, 3.05) is 0 Å². The lowest BCUT2D eigenvalue weighted by molar-refractivity contribution is 1.41. The molecule has 0 aliphatic carbocycles. The summed E-state index contributed by atoms with van der Waals surface area (Å²) in [5, 5.41) is 3.12. The molecule has 0 spiro atoms. The third kappa shape index (κ3) is 1.24. The Balaban J connectivity index is 2.29. The van der Waals surface area contributed by atoms with Crippen molar-refractivity contribution >= 4 is 44.5 Å². The van der Waals surface area contributed by atoms with Crippen LogP contribution in [0.2, 0.25) is 0 Å². The molecule has 80 valence electrons. The maximum atomic E-state index is 4.68. The van der Waals surface area contributed by atoms with Crippen LogP contribution in [0.1, 0.15) is 0 Å². The summed E-state index contributed by atoms with van der Waals surface area (Å²) in [6, 6.07) is 11.9. The van der Waals surface area contributed by atoms with E-state index in [-0.39, 0.29) is 0 Å². The van der Waals surface area contributed by atoms with Crippen molar-refractivity contribution in [1.82, 2.24) is 14.3 Å². The van der Waals surface area contributed by atoms with Gasteiger partial charge in [0.15, 0.2) is 0 Å². The van der Waals surface area contributed by atoms with Crippen LogP contribution in [-0.2, 0) is 0 Å². The molecule has 0 atom stereocenters. The minimum absolute atomic E-state index is 0.927. The van der Waals surface area contributed by atoms with E-state index in [2.05, 4.69) is 14.3 Å². The predicted molar refractivity (Wildman–Crippen MR) is 70.2 cm³/mol. The molecule has 0 N–H and O–H groups in total.